The molecule has 0 saturated heterocycles. The smallest absolute Gasteiger partial charge is 0.251 e. The standard InChI is InChI=1S/C18H22N2O3S/c1-4-6-14-7-8-15(16(12-14)22-3)23-9-5-10-24-18-19-13(2)11-17(21)20-18/h4,6-8,11-12H,5,9-10H2,1-3H3,(H,19,20,21)/b6-4+. The Balaban J connectivity index is 1.82. The fraction of sp³-hybridized carbons (Fsp3) is 0.333. The largest absolute Gasteiger partial charge is 0.493 e. The summed E-state index contributed by atoms with van der Waals surface area (Å²) >= 11 is 1.52. The summed E-state index contributed by atoms with van der Waals surface area (Å²) in [4.78, 5) is 18.4. The molecule has 0 unspecified atom stereocenters. The molecule has 0 aliphatic heterocycles. The Hall–Kier alpha value is -2.21. The summed E-state index contributed by atoms with van der Waals surface area (Å²) in [6, 6.07) is 7.34. The highest BCUT2D eigenvalue weighted by atomic mass is 32.2. The van der Waals surface area contributed by atoms with Gasteiger partial charge in [-0.25, -0.2) is 4.98 Å². The molecule has 0 atom stereocenters. The molecule has 0 aliphatic carbocycles. The SMILES string of the molecule is C/C=C/c1ccc(OCCCSc2nc(C)cc(=O)[nH]2)c(OC)c1. The number of allylic oxidation sites excluding steroid dienone is 1. The van der Waals surface area contributed by atoms with Gasteiger partial charge in [0.1, 0.15) is 0 Å². The molecule has 0 spiro atoms. The second-order valence-electron chi connectivity index (χ2n) is 5.15. The molecule has 6 heteroatoms. The van der Waals surface area contributed by atoms with E-state index in [4.69, 9.17) is 9.47 Å². The number of hydrogen-bond donors (Lipinski definition) is 1. The molecule has 1 aromatic heterocycles. The normalized spacial score (nSPS) is 11.0. The highest BCUT2D eigenvalue weighted by Crippen LogP contribution is 2.28. The number of hydrogen-bond acceptors (Lipinski definition) is 5. The topological polar surface area (TPSA) is 64.2 Å². The molecule has 0 amide bonds. The van der Waals surface area contributed by atoms with E-state index < -0.39 is 0 Å². The van der Waals surface area contributed by atoms with Crippen LogP contribution in [0.5, 0.6) is 11.5 Å². The summed E-state index contributed by atoms with van der Waals surface area (Å²) in [5.74, 6) is 2.27. The van der Waals surface area contributed by atoms with Crippen LogP contribution in [0.15, 0.2) is 40.3 Å². The van der Waals surface area contributed by atoms with Gasteiger partial charge in [-0.3, -0.25) is 4.79 Å². The Morgan fingerprint density at radius 2 is 2.12 bits per heavy atom. The summed E-state index contributed by atoms with van der Waals surface area (Å²) in [5, 5.41) is 0.647. The number of aryl methyl sites for hydroxylation is 1. The molecule has 5 nitrogen and oxygen atoms in total. The summed E-state index contributed by atoms with van der Waals surface area (Å²) in [6.45, 7) is 4.36. The van der Waals surface area contributed by atoms with Crippen LogP contribution in [0.1, 0.15) is 24.6 Å². The second kappa shape index (κ2) is 9.17. The van der Waals surface area contributed by atoms with Gasteiger partial charge in [-0.1, -0.05) is 30.0 Å². The quantitative estimate of drug-likeness (QED) is 0.449. The third-order valence-corrected chi connectivity index (χ3v) is 4.14. The van der Waals surface area contributed by atoms with E-state index in [0.29, 0.717) is 11.8 Å². The lowest BCUT2D eigenvalue weighted by molar-refractivity contribution is 0.295. The molecule has 0 radical (unpaired) electrons. The van der Waals surface area contributed by atoms with Crippen molar-refractivity contribution >= 4 is 17.8 Å². The zero-order valence-corrected chi connectivity index (χ0v) is 15.0. The number of nitrogens with zero attached hydrogens (tertiary/aromatic N) is 1. The molecule has 24 heavy (non-hydrogen) atoms. The van der Waals surface area contributed by atoms with E-state index in [1.165, 1.54) is 17.8 Å². The monoisotopic (exact) mass is 346 g/mol. The van der Waals surface area contributed by atoms with Crippen molar-refractivity contribution in [1.29, 1.82) is 0 Å². The van der Waals surface area contributed by atoms with Crippen molar-refractivity contribution in [1.82, 2.24) is 9.97 Å². The van der Waals surface area contributed by atoms with Crippen LogP contribution in [0.4, 0.5) is 0 Å². The van der Waals surface area contributed by atoms with Crippen molar-refractivity contribution in [2.45, 2.75) is 25.4 Å². The van der Waals surface area contributed by atoms with Gasteiger partial charge >= 0.3 is 0 Å². The van der Waals surface area contributed by atoms with Crippen molar-refractivity contribution in [2.75, 3.05) is 19.5 Å². The lowest BCUT2D eigenvalue weighted by Gasteiger charge is -2.11. The van der Waals surface area contributed by atoms with E-state index in [0.717, 1.165) is 34.9 Å². The van der Waals surface area contributed by atoms with Gasteiger partial charge in [0, 0.05) is 17.5 Å². The highest BCUT2D eigenvalue weighted by Gasteiger charge is 2.05. The Labute approximate surface area is 146 Å². The highest BCUT2D eigenvalue weighted by molar-refractivity contribution is 7.99. The number of ether oxygens (including phenoxy) is 2. The van der Waals surface area contributed by atoms with Gasteiger partial charge in [0.2, 0.25) is 0 Å². The molecule has 2 rings (SSSR count). The van der Waals surface area contributed by atoms with Crippen LogP contribution in [0.25, 0.3) is 6.08 Å². The Kier molecular flexibility index (Phi) is 6.93. The van der Waals surface area contributed by atoms with E-state index in [9.17, 15) is 4.79 Å². The van der Waals surface area contributed by atoms with Gasteiger partial charge in [0.25, 0.3) is 5.56 Å². The summed E-state index contributed by atoms with van der Waals surface area (Å²) in [7, 11) is 1.64. The molecule has 0 saturated carbocycles. The lowest BCUT2D eigenvalue weighted by atomic mass is 10.2. The van der Waals surface area contributed by atoms with Crippen molar-refractivity contribution in [3.63, 3.8) is 0 Å². The predicted octanol–water partition coefficient (Wildman–Crippen LogP) is 3.68. The first-order chi connectivity index (χ1) is 11.6. The average molecular weight is 346 g/mol. The number of aromatic nitrogens is 2. The summed E-state index contributed by atoms with van der Waals surface area (Å²) in [5.41, 5.74) is 1.68. The number of benzene rings is 1. The lowest BCUT2D eigenvalue weighted by Crippen LogP contribution is -2.08. The van der Waals surface area contributed by atoms with E-state index in [2.05, 4.69) is 9.97 Å². The van der Waals surface area contributed by atoms with Crippen LogP contribution in [-0.2, 0) is 0 Å². The first-order valence-electron chi connectivity index (χ1n) is 7.76. The molecule has 1 heterocycles. The minimum atomic E-state index is -0.118. The molecule has 0 aliphatic rings. The molecule has 0 fully saturated rings. The molecule has 0 bridgehead atoms. The number of rotatable bonds is 8. The van der Waals surface area contributed by atoms with Gasteiger partial charge in [-0.15, -0.1) is 0 Å². The van der Waals surface area contributed by atoms with Crippen molar-refractivity contribution in [3.05, 3.63) is 52.0 Å². The van der Waals surface area contributed by atoms with Gasteiger partial charge < -0.3 is 14.5 Å². The molecule has 128 valence electrons. The number of nitrogens with one attached hydrogen (secondary N) is 1. The Morgan fingerprint density at radius 1 is 1.29 bits per heavy atom. The fourth-order valence-electron chi connectivity index (χ4n) is 2.13. The first kappa shape index (κ1) is 18.1. The number of H-pyrrole nitrogens is 1. The van der Waals surface area contributed by atoms with Crippen molar-refractivity contribution in [3.8, 4) is 11.5 Å². The third kappa shape index (κ3) is 5.45. The number of thioether (sulfide) groups is 1. The van der Waals surface area contributed by atoms with Gasteiger partial charge in [0.15, 0.2) is 16.7 Å². The van der Waals surface area contributed by atoms with E-state index >= 15 is 0 Å². The van der Waals surface area contributed by atoms with Gasteiger partial charge in [-0.2, -0.15) is 0 Å². The maximum absolute atomic E-state index is 11.4. The van der Waals surface area contributed by atoms with Crippen LogP contribution < -0.4 is 15.0 Å². The minimum Gasteiger partial charge on any atom is -0.493 e. The zero-order chi connectivity index (χ0) is 17.4. The molecule has 1 aromatic carbocycles. The van der Waals surface area contributed by atoms with Crippen LogP contribution in [0, 0.1) is 6.92 Å². The molecular formula is C18H22N2O3S. The van der Waals surface area contributed by atoms with E-state index in [-0.39, 0.29) is 5.56 Å². The fourth-order valence-corrected chi connectivity index (χ4v) is 2.97. The van der Waals surface area contributed by atoms with E-state index in [1.807, 2.05) is 44.2 Å². The van der Waals surface area contributed by atoms with Crippen LogP contribution in [0.3, 0.4) is 0 Å². The van der Waals surface area contributed by atoms with Gasteiger partial charge in [0.05, 0.1) is 13.7 Å². The average Bonchev–Trinajstić information content (AvgIpc) is 2.55. The van der Waals surface area contributed by atoms with Crippen LogP contribution >= 0.6 is 11.8 Å². The van der Waals surface area contributed by atoms with Crippen LogP contribution in [0.2, 0.25) is 0 Å². The maximum Gasteiger partial charge on any atom is 0.251 e. The summed E-state index contributed by atoms with van der Waals surface area (Å²) < 4.78 is 11.2. The molecule has 2 aromatic rings. The van der Waals surface area contributed by atoms with Crippen molar-refractivity contribution in [2.24, 2.45) is 0 Å². The van der Waals surface area contributed by atoms with Crippen LogP contribution in [-0.4, -0.2) is 29.4 Å². The van der Waals surface area contributed by atoms with Crippen molar-refractivity contribution < 1.29 is 9.47 Å². The van der Waals surface area contributed by atoms with E-state index in [1.54, 1.807) is 7.11 Å². The summed E-state index contributed by atoms with van der Waals surface area (Å²) in [6.07, 6.45) is 4.83. The predicted molar refractivity (Wildman–Crippen MR) is 98.1 cm³/mol. The second-order valence-corrected chi connectivity index (χ2v) is 6.24. The number of methoxy groups -OCH3 is 1. The Bertz CT molecular complexity index is 756. The Morgan fingerprint density at radius 3 is 2.83 bits per heavy atom. The van der Waals surface area contributed by atoms with Gasteiger partial charge in [-0.05, 0) is 38.0 Å². The molecule has 1 N–H and O–H groups in total. The minimum absolute atomic E-state index is 0.118. The first-order valence-corrected chi connectivity index (χ1v) is 8.75. The third-order valence-electron chi connectivity index (χ3n) is 3.18. The molecular weight excluding hydrogens is 324 g/mol. The zero-order valence-electron chi connectivity index (χ0n) is 14.2. The number of aromatic amines is 1. The maximum atomic E-state index is 11.4.